The highest BCUT2D eigenvalue weighted by molar-refractivity contribution is 5.92. The molecule has 0 atom stereocenters. The van der Waals surface area contributed by atoms with Crippen molar-refractivity contribution in [2.75, 3.05) is 5.73 Å². The van der Waals surface area contributed by atoms with Crippen LogP contribution in [0.5, 0.6) is 0 Å². The van der Waals surface area contributed by atoms with Gasteiger partial charge in [0.2, 0.25) is 5.91 Å². The highest BCUT2D eigenvalue weighted by atomic mass is 16.2. The number of nitrogen functional groups attached to an aromatic ring is 1. The van der Waals surface area contributed by atoms with Crippen LogP contribution in [0.25, 0.3) is 22.0 Å². The number of aryl methyl sites for hydroxylation is 1. The highest BCUT2D eigenvalue weighted by Gasteiger charge is 2.06. The maximum absolute atomic E-state index is 11.2. The number of hydrogen-bond acceptors (Lipinski definition) is 4. The van der Waals surface area contributed by atoms with E-state index in [1.54, 1.807) is 0 Å². The number of aromatic nitrogens is 2. The van der Waals surface area contributed by atoms with Gasteiger partial charge in [0.25, 0.3) is 0 Å². The SMILES string of the molecule is NNC(=O)CCc1cccc(-c2ccc3[nH]nc(N)c3c2)c1. The van der Waals surface area contributed by atoms with Crippen molar-refractivity contribution in [1.29, 1.82) is 0 Å². The molecule has 3 rings (SSSR count). The van der Waals surface area contributed by atoms with E-state index in [9.17, 15) is 4.79 Å². The number of fused-ring (bicyclic) bond motifs is 1. The van der Waals surface area contributed by atoms with Crippen molar-refractivity contribution in [3.05, 3.63) is 48.0 Å². The number of carbonyl (C=O) groups is 1. The van der Waals surface area contributed by atoms with E-state index in [2.05, 4.69) is 21.7 Å². The predicted molar refractivity (Wildman–Crippen MR) is 86.6 cm³/mol. The van der Waals surface area contributed by atoms with E-state index in [0.29, 0.717) is 18.7 Å². The molecule has 22 heavy (non-hydrogen) atoms. The number of aromatic amines is 1. The van der Waals surface area contributed by atoms with Crippen molar-refractivity contribution < 1.29 is 4.79 Å². The van der Waals surface area contributed by atoms with Crippen LogP contribution < -0.4 is 17.0 Å². The third-order valence-electron chi connectivity index (χ3n) is 3.65. The van der Waals surface area contributed by atoms with Crippen LogP contribution >= 0.6 is 0 Å². The highest BCUT2D eigenvalue weighted by Crippen LogP contribution is 2.27. The number of anilines is 1. The maximum atomic E-state index is 11.2. The average molecular weight is 295 g/mol. The molecule has 6 nitrogen and oxygen atoms in total. The van der Waals surface area contributed by atoms with E-state index in [0.717, 1.165) is 27.6 Å². The lowest BCUT2D eigenvalue weighted by Gasteiger charge is -2.06. The monoisotopic (exact) mass is 295 g/mol. The Balaban J connectivity index is 1.89. The summed E-state index contributed by atoms with van der Waals surface area (Å²) in [4.78, 5) is 11.2. The van der Waals surface area contributed by atoms with Gasteiger partial charge in [-0.3, -0.25) is 15.3 Å². The number of hydrazine groups is 1. The molecule has 0 saturated carbocycles. The molecule has 0 bridgehead atoms. The first-order chi connectivity index (χ1) is 10.7. The van der Waals surface area contributed by atoms with Crippen molar-refractivity contribution in [2.45, 2.75) is 12.8 Å². The van der Waals surface area contributed by atoms with Crippen molar-refractivity contribution in [3.63, 3.8) is 0 Å². The van der Waals surface area contributed by atoms with E-state index < -0.39 is 0 Å². The number of rotatable bonds is 4. The average Bonchev–Trinajstić information content (AvgIpc) is 2.93. The first-order valence-corrected chi connectivity index (χ1v) is 7.00. The molecule has 0 aliphatic heterocycles. The summed E-state index contributed by atoms with van der Waals surface area (Å²) in [5, 5.41) is 7.80. The van der Waals surface area contributed by atoms with Gasteiger partial charge in [-0.15, -0.1) is 0 Å². The number of nitrogens with zero attached hydrogens (tertiary/aromatic N) is 1. The van der Waals surface area contributed by atoms with Crippen LogP contribution in [0.2, 0.25) is 0 Å². The third kappa shape index (κ3) is 2.77. The van der Waals surface area contributed by atoms with Gasteiger partial charge in [-0.2, -0.15) is 5.10 Å². The Kier molecular flexibility index (Phi) is 3.76. The molecular weight excluding hydrogens is 278 g/mol. The summed E-state index contributed by atoms with van der Waals surface area (Å²) in [6.07, 6.45) is 1.01. The van der Waals surface area contributed by atoms with Crippen LogP contribution in [0.15, 0.2) is 42.5 Å². The lowest BCUT2D eigenvalue weighted by Crippen LogP contribution is -2.30. The van der Waals surface area contributed by atoms with Crippen LogP contribution in [0.4, 0.5) is 5.82 Å². The van der Waals surface area contributed by atoms with Gasteiger partial charge in [-0.25, -0.2) is 5.84 Å². The molecule has 1 amide bonds. The molecule has 1 heterocycles. The molecule has 6 heteroatoms. The van der Waals surface area contributed by atoms with Crippen LogP contribution in [0.1, 0.15) is 12.0 Å². The van der Waals surface area contributed by atoms with Crippen LogP contribution in [-0.2, 0) is 11.2 Å². The van der Waals surface area contributed by atoms with E-state index in [1.807, 2.05) is 36.4 Å². The first-order valence-electron chi connectivity index (χ1n) is 7.00. The van der Waals surface area contributed by atoms with Crippen molar-refractivity contribution >= 4 is 22.6 Å². The van der Waals surface area contributed by atoms with E-state index >= 15 is 0 Å². The second kappa shape index (κ2) is 5.87. The Labute approximate surface area is 127 Å². The first kappa shape index (κ1) is 14.1. The minimum Gasteiger partial charge on any atom is -0.382 e. The third-order valence-corrected chi connectivity index (χ3v) is 3.65. The Morgan fingerprint density at radius 2 is 2.00 bits per heavy atom. The summed E-state index contributed by atoms with van der Waals surface area (Å²) in [6.45, 7) is 0. The largest absolute Gasteiger partial charge is 0.382 e. The van der Waals surface area contributed by atoms with Crippen LogP contribution in [-0.4, -0.2) is 16.1 Å². The molecule has 0 unspecified atom stereocenters. The molecule has 0 radical (unpaired) electrons. The van der Waals surface area contributed by atoms with Gasteiger partial charge < -0.3 is 5.73 Å². The van der Waals surface area contributed by atoms with Crippen LogP contribution in [0, 0.1) is 0 Å². The second-order valence-electron chi connectivity index (χ2n) is 5.14. The van der Waals surface area contributed by atoms with Gasteiger partial charge in [0.1, 0.15) is 0 Å². The van der Waals surface area contributed by atoms with Crippen LogP contribution in [0.3, 0.4) is 0 Å². The van der Waals surface area contributed by atoms with Crippen molar-refractivity contribution in [3.8, 4) is 11.1 Å². The molecule has 0 aliphatic carbocycles. The van der Waals surface area contributed by atoms with E-state index in [-0.39, 0.29) is 5.91 Å². The fraction of sp³-hybridized carbons (Fsp3) is 0.125. The number of carbonyl (C=O) groups excluding carboxylic acids is 1. The number of amides is 1. The lowest BCUT2D eigenvalue weighted by molar-refractivity contribution is -0.121. The van der Waals surface area contributed by atoms with Crippen molar-refractivity contribution in [1.82, 2.24) is 15.6 Å². The fourth-order valence-electron chi connectivity index (χ4n) is 2.45. The van der Waals surface area contributed by atoms with E-state index in [1.165, 1.54) is 0 Å². The second-order valence-corrected chi connectivity index (χ2v) is 5.14. The molecule has 0 saturated heterocycles. The lowest BCUT2D eigenvalue weighted by atomic mass is 10.00. The molecule has 3 aromatic rings. The summed E-state index contributed by atoms with van der Waals surface area (Å²) in [6, 6.07) is 14.1. The quantitative estimate of drug-likeness (QED) is 0.334. The number of benzene rings is 2. The standard InChI is InChI=1S/C16H17N5O/c17-16-13-9-12(5-6-14(13)20-21-16)11-3-1-2-10(8-11)4-7-15(22)19-18/h1-3,5-6,8-9H,4,7,18H2,(H,19,22)(H3,17,20,21). The number of H-pyrrole nitrogens is 1. The predicted octanol–water partition coefficient (Wildman–Crippen LogP) is 1.73. The zero-order chi connectivity index (χ0) is 15.5. The van der Waals surface area contributed by atoms with Gasteiger partial charge in [-0.05, 0) is 35.2 Å². The van der Waals surface area contributed by atoms with Gasteiger partial charge in [0, 0.05) is 11.8 Å². The zero-order valence-corrected chi connectivity index (χ0v) is 12.0. The summed E-state index contributed by atoms with van der Waals surface area (Å²) < 4.78 is 0. The molecule has 0 aliphatic rings. The summed E-state index contributed by atoms with van der Waals surface area (Å²) >= 11 is 0. The minimum atomic E-state index is -0.169. The Morgan fingerprint density at radius 1 is 1.18 bits per heavy atom. The van der Waals surface area contributed by atoms with Gasteiger partial charge in [-0.1, -0.05) is 30.3 Å². The molecule has 1 aromatic heterocycles. The molecule has 112 valence electrons. The molecule has 2 aromatic carbocycles. The molecular formula is C16H17N5O. The smallest absolute Gasteiger partial charge is 0.234 e. The van der Waals surface area contributed by atoms with E-state index in [4.69, 9.17) is 11.6 Å². The molecule has 0 fully saturated rings. The van der Waals surface area contributed by atoms with Gasteiger partial charge in [0.05, 0.1) is 5.52 Å². The normalized spacial score (nSPS) is 10.8. The Bertz CT molecular complexity index is 824. The molecule has 0 spiro atoms. The maximum Gasteiger partial charge on any atom is 0.234 e. The number of nitrogens with one attached hydrogen (secondary N) is 2. The Morgan fingerprint density at radius 3 is 2.82 bits per heavy atom. The summed E-state index contributed by atoms with van der Waals surface area (Å²) in [5.41, 5.74) is 12.1. The summed E-state index contributed by atoms with van der Waals surface area (Å²) in [5.74, 6) is 5.42. The van der Waals surface area contributed by atoms with Gasteiger partial charge >= 0.3 is 0 Å². The topological polar surface area (TPSA) is 110 Å². The van der Waals surface area contributed by atoms with Gasteiger partial charge in [0.15, 0.2) is 5.82 Å². The Hall–Kier alpha value is -2.86. The molecule has 6 N–H and O–H groups in total. The fourth-order valence-corrected chi connectivity index (χ4v) is 2.45. The number of nitrogens with two attached hydrogens (primary N) is 2. The number of hydrogen-bond donors (Lipinski definition) is 4. The summed E-state index contributed by atoms with van der Waals surface area (Å²) in [7, 11) is 0. The minimum absolute atomic E-state index is 0.169. The zero-order valence-electron chi connectivity index (χ0n) is 12.0. The van der Waals surface area contributed by atoms with Crippen molar-refractivity contribution in [2.24, 2.45) is 5.84 Å².